The van der Waals surface area contributed by atoms with Crippen molar-refractivity contribution in [1.29, 1.82) is 0 Å². The van der Waals surface area contributed by atoms with E-state index in [4.69, 9.17) is 9.15 Å². The summed E-state index contributed by atoms with van der Waals surface area (Å²) in [5, 5.41) is 0.245. The van der Waals surface area contributed by atoms with E-state index in [1.54, 1.807) is 48.5 Å². The number of imide groups is 1. The highest BCUT2D eigenvalue weighted by Gasteiger charge is 2.41. The third kappa shape index (κ3) is 3.38. The lowest BCUT2D eigenvalue weighted by molar-refractivity contribution is -0.138. The van der Waals surface area contributed by atoms with Crippen molar-refractivity contribution in [1.82, 2.24) is 4.90 Å². The minimum atomic E-state index is -1.26. The summed E-state index contributed by atoms with van der Waals surface area (Å²) in [7, 11) is 0. The van der Waals surface area contributed by atoms with Gasteiger partial charge in [0.15, 0.2) is 5.76 Å². The zero-order chi connectivity index (χ0) is 24.0. The van der Waals surface area contributed by atoms with Crippen molar-refractivity contribution >= 4 is 28.8 Å². The fourth-order valence-electron chi connectivity index (χ4n) is 3.96. The molecule has 0 radical (unpaired) electrons. The number of ether oxygens (including phenoxy) is 1. The van der Waals surface area contributed by atoms with Crippen LogP contribution in [0.1, 0.15) is 33.2 Å². The topological polar surface area (TPSA) is 93.9 Å². The zero-order valence-electron chi connectivity index (χ0n) is 18.4. The van der Waals surface area contributed by atoms with Gasteiger partial charge in [-0.3, -0.25) is 19.3 Å². The Bertz CT molecular complexity index is 1500. The molecule has 1 aliphatic heterocycles. The molecule has 3 aromatic carbocycles. The first-order valence-corrected chi connectivity index (χ1v) is 10.7. The quantitative estimate of drug-likeness (QED) is 0.337. The maximum absolute atomic E-state index is 13.3. The monoisotopic (exact) mass is 453 g/mol. The van der Waals surface area contributed by atoms with Gasteiger partial charge in [-0.2, -0.15) is 0 Å². The molecule has 0 bridgehead atoms. The highest BCUT2D eigenvalue weighted by atomic mass is 16.5. The summed E-state index contributed by atoms with van der Waals surface area (Å²) in [6.45, 7) is 3.31. The van der Waals surface area contributed by atoms with Crippen LogP contribution in [-0.4, -0.2) is 28.7 Å². The highest BCUT2D eigenvalue weighted by Crippen LogP contribution is 2.32. The standard InChI is InChI=1S/C27H19NO6/c1-15-11-13-17(14-12-15)23-24(22(29)20-9-5-6-10-21(20)33-23)34-27(32)16(2)28-25(30)18-7-3-4-8-19(18)26(28)31/h3-14,16H,1-2H3/t16-/m1/s1. The third-order valence-corrected chi connectivity index (χ3v) is 5.83. The molecular weight excluding hydrogens is 434 g/mol. The van der Waals surface area contributed by atoms with Gasteiger partial charge in [-0.25, -0.2) is 4.79 Å². The van der Waals surface area contributed by atoms with Gasteiger partial charge in [-0.05, 0) is 38.1 Å². The lowest BCUT2D eigenvalue weighted by Crippen LogP contribution is -2.45. The lowest BCUT2D eigenvalue weighted by atomic mass is 10.1. The summed E-state index contributed by atoms with van der Waals surface area (Å²) in [6.07, 6.45) is 0. The van der Waals surface area contributed by atoms with Crippen LogP contribution in [0.5, 0.6) is 5.75 Å². The maximum atomic E-state index is 13.3. The van der Waals surface area contributed by atoms with Crippen molar-refractivity contribution < 1.29 is 23.5 Å². The van der Waals surface area contributed by atoms with E-state index in [2.05, 4.69) is 0 Å². The van der Waals surface area contributed by atoms with E-state index >= 15 is 0 Å². The van der Waals surface area contributed by atoms with Crippen LogP contribution in [0.3, 0.4) is 0 Å². The number of rotatable bonds is 4. The summed E-state index contributed by atoms with van der Waals surface area (Å²) in [5.41, 5.74) is 1.81. The molecule has 1 atom stereocenters. The Balaban J connectivity index is 1.55. The minimum absolute atomic E-state index is 0.0895. The van der Waals surface area contributed by atoms with Crippen LogP contribution < -0.4 is 10.2 Å². The third-order valence-electron chi connectivity index (χ3n) is 5.83. The average Bonchev–Trinajstić information content (AvgIpc) is 3.11. The van der Waals surface area contributed by atoms with Crippen molar-refractivity contribution in [3.05, 3.63) is 99.7 Å². The predicted molar refractivity (Wildman–Crippen MR) is 125 cm³/mol. The Hall–Kier alpha value is -4.52. The van der Waals surface area contributed by atoms with Crippen LogP contribution in [0.25, 0.3) is 22.3 Å². The van der Waals surface area contributed by atoms with Gasteiger partial charge in [0.2, 0.25) is 11.2 Å². The molecular formula is C27H19NO6. The molecule has 7 heteroatoms. The van der Waals surface area contributed by atoms with Gasteiger partial charge in [0.1, 0.15) is 11.6 Å². The van der Waals surface area contributed by atoms with Gasteiger partial charge >= 0.3 is 5.97 Å². The van der Waals surface area contributed by atoms with Crippen molar-refractivity contribution in [3.8, 4) is 17.1 Å². The number of esters is 1. The molecule has 2 heterocycles. The second-order valence-corrected chi connectivity index (χ2v) is 8.07. The Labute approximate surface area is 194 Å². The van der Waals surface area contributed by atoms with Crippen LogP contribution in [0, 0.1) is 6.92 Å². The first-order chi connectivity index (χ1) is 16.4. The molecule has 0 saturated heterocycles. The van der Waals surface area contributed by atoms with Gasteiger partial charge in [-0.15, -0.1) is 0 Å². The van der Waals surface area contributed by atoms with Crippen LogP contribution in [-0.2, 0) is 4.79 Å². The number of nitrogens with zero attached hydrogens (tertiary/aromatic N) is 1. The van der Waals surface area contributed by atoms with Crippen LogP contribution >= 0.6 is 0 Å². The van der Waals surface area contributed by atoms with E-state index < -0.39 is 29.3 Å². The number of amides is 2. The molecule has 0 fully saturated rings. The molecule has 7 nitrogen and oxygen atoms in total. The fourth-order valence-corrected chi connectivity index (χ4v) is 3.96. The Kier molecular flexibility index (Phi) is 5.09. The predicted octanol–water partition coefficient (Wildman–Crippen LogP) is 4.36. The molecule has 5 rings (SSSR count). The van der Waals surface area contributed by atoms with E-state index in [0.29, 0.717) is 11.1 Å². The first-order valence-electron chi connectivity index (χ1n) is 10.7. The first kappa shape index (κ1) is 21.3. The maximum Gasteiger partial charge on any atom is 0.334 e. The van der Waals surface area contributed by atoms with E-state index in [9.17, 15) is 19.2 Å². The smallest absolute Gasteiger partial charge is 0.334 e. The molecule has 0 unspecified atom stereocenters. The number of carbonyl (C=O) groups excluding carboxylic acids is 3. The van der Waals surface area contributed by atoms with Crippen LogP contribution in [0.4, 0.5) is 0 Å². The SMILES string of the molecule is Cc1ccc(-c2oc3ccccc3c(=O)c2OC(=O)[C@@H](C)N2C(=O)c3ccccc3C2=O)cc1. The molecule has 4 aromatic rings. The Morgan fingerprint density at radius 1 is 0.853 bits per heavy atom. The number of aryl methyl sites for hydroxylation is 1. The number of fused-ring (bicyclic) bond motifs is 2. The summed E-state index contributed by atoms with van der Waals surface area (Å²) < 4.78 is 11.5. The van der Waals surface area contributed by atoms with Crippen molar-refractivity contribution in [3.63, 3.8) is 0 Å². The molecule has 0 saturated carbocycles. The van der Waals surface area contributed by atoms with Crippen LogP contribution in [0.15, 0.2) is 82.0 Å². The number of hydrogen-bond donors (Lipinski definition) is 0. The molecule has 2 amide bonds. The van der Waals surface area contributed by atoms with Gasteiger partial charge < -0.3 is 9.15 Å². The van der Waals surface area contributed by atoms with Crippen molar-refractivity contribution in [2.24, 2.45) is 0 Å². The van der Waals surface area contributed by atoms with E-state index in [0.717, 1.165) is 10.5 Å². The largest absolute Gasteiger partial charge is 0.452 e. The van der Waals surface area contributed by atoms with E-state index in [1.807, 2.05) is 19.1 Å². The summed E-state index contributed by atoms with van der Waals surface area (Å²) in [4.78, 5) is 52.8. The molecule has 0 N–H and O–H groups in total. The minimum Gasteiger partial charge on any atom is -0.452 e. The molecule has 1 aliphatic rings. The Morgan fingerprint density at radius 2 is 1.44 bits per heavy atom. The van der Waals surface area contributed by atoms with Gasteiger partial charge in [-0.1, -0.05) is 54.1 Å². The highest BCUT2D eigenvalue weighted by molar-refractivity contribution is 6.22. The number of para-hydroxylation sites is 1. The number of hydrogen-bond acceptors (Lipinski definition) is 6. The molecule has 0 aliphatic carbocycles. The second-order valence-electron chi connectivity index (χ2n) is 8.07. The normalized spacial score (nSPS) is 13.8. The Morgan fingerprint density at radius 3 is 2.09 bits per heavy atom. The fraction of sp³-hybridized carbons (Fsp3) is 0.111. The van der Waals surface area contributed by atoms with Gasteiger partial charge in [0.05, 0.1) is 16.5 Å². The zero-order valence-corrected chi connectivity index (χ0v) is 18.4. The molecule has 1 aromatic heterocycles. The van der Waals surface area contributed by atoms with E-state index in [1.165, 1.54) is 19.1 Å². The second kappa shape index (κ2) is 8.12. The van der Waals surface area contributed by atoms with Crippen molar-refractivity contribution in [2.45, 2.75) is 19.9 Å². The summed E-state index contributed by atoms with van der Waals surface area (Å²) in [5.74, 6) is -2.31. The molecule has 168 valence electrons. The van der Waals surface area contributed by atoms with Gasteiger partial charge in [0, 0.05) is 5.56 Å². The molecule has 34 heavy (non-hydrogen) atoms. The molecule has 0 spiro atoms. The van der Waals surface area contributed by atoms with Crippen molar-refractivity contribution in [2.75, 3.05) is 0 Å². The lowest BCUT2D eigenvalue weighted by Gasteiger charge is -2.21. The van der Waals surface area contributed by atoms with Gasteiger partial charge in [0.25, 0.3) is 11.8 Å². The number of benzene rings is 3. The number of carbonyl (C=O) groups is 3. The van der Waals surface area contributed by atoms with Crippen LogP contribution in [0.2, 0.25) is 0 Å². The summed E-state index contributed by atoms with van der Waals surface area (Å²) >= 11 is 0. The average molecular weight is 453 g/mol. The summed E-state index contributed by atoms with van der Waals surface area (Å²) in [6, 6.07) is 18.9. The van der Waals surface area contributed by atoms with E-state index in [-0.39, 0.29) is 28.0 Å².